The lowest BCUT2D eigenvalue weighted by molar-refractivity contribution is -0.120. The van der Waals surface area contributed by atoms with E-state index in [4.69, 9.17) is 0 Å². The van der Waals surface area contributed by atoms with Gasteiger partial charge in [0, 0.05) is 26.1 Å². The number of carbonyl (C=O) groups excluding carboxylic acids is 1. The minimum Gasteiger partial charge on any atom is -0.393 e. The Kier molecular flexibility index (Phi) is 5.92. The van der Waals surface area contributed by atoms with Crippen molar-refractivity contribution < 1.29 is 9.90 Å². The summed E-state index contributed by atoms with van der Waals surface area (Å²) in [5.41, 5.74) is 0. The maximum Gasteiger partial charge on any atom is 0.217 e. The lowest BCUT2D eigenvalue weighted by atomic mass is 9.88. The normalized spacial score (nSPS) is 27.8. The zero-order valence-electron chi connectivity index (χ0n) is 11.3. The molecule has 2 N–H and O–H groups in total. The fourth-order valence-electron chi connectivity index (χ4n) is 2.74. The number of aliphatic hydroxyl groups excluding tert-OH is 1. The number of nitrogens with one attached hydrogen (secondary N) is 1. The van der Waals surface area contributed by atoms with Crippen molar-refractivity contribution in [3.63, 3.8) is 0 Å². The van der Waals surface area contributed by atoms with Crippen molar-refractivity contribution in [2.75, 3.05) is 19.6 Å². The second-order valence-electron chi connectivity index (χ2n) is 5.13. The van der Waals surface area contributed by atoms with Gasteiger partial charge in [-0.15, -0.1) is 0 Å². The molecule has 0 radical (unpaired) electrons. The predicted molar refractivity (Wildman–Crippen MR) is 68.7 cm³/mol. The smallest absolute Gasteiger partial charge is 0.217 e. The third-order valence-corrected chi connectivity index (χ3v) is 3.47. The molecule has 1 saturated heterocycles. The first kappa shape index (κ1) is 14.5. The molecule has 1 rings (SSSR count). The molecule has 100 valence electrons. The van der Waals surface area contributed by atoms with Crippen molar-refractivity contribution in [1.82, 2.24) is 10.2 Å². The van der Waals surface area contributed by atoms with Gasteiger partial charge >= 0.3 is 0 Å². The zero-order chi connectivity index (χ0) is 12.8. The fraction of sp³-hybridized carbons (Fsp3) is 0.923. The average Bonchev–Trinajstić information content (AvgIpc) is 2.27. The highest BCUT2D eigenvalue weighted by atomic mass is 16.3. The summed E-state index contributed by atoms with van der Waals surface area (Å²) in [4.78, 5) is 13.5. The molecule has 0 aromatic heterocycles. The maximum absolute atomic E-state index is 11.1. The van der Waals surface area contributed by atoms with E-state index in [1.165, 1.54) is 0 Å². The highest BCUT2D eigenvalue weighted by Crippen LogP contribution is 2.22. The van der Waals surface area contributed by atoms with E-state index in [9.17, 15) is 9.90 Å². The molecule has 4 nitrogen and oxygen atoms in total. The number of likely N-dealkylation sites (tertiary alicyclic amines) is 1. The van der Waals surface area contributed by atoms with E-state index in [0.29, 0.717) is 0 Å². The van der Waals surface area contributed by atoms with Crippen LogP contribution in [-0.4, -0.2) is 47.7 Å². The summed E-state index contributed by atoms with van der Waals surface area (Å²) in [5.74, 6) is 0.315. The summed E-state index contributed by atoms with van der Waals surface area (Å²) in [6.07, 6.45) is 2.56. The van der Waals surface area contributed by atoms with Gasteiger partial charge in [0.2, 0.25) is 5.91 Å². The predicted octanol–water partition coefficient (Wildman–Crippen LogP) is 0.994. The quantitative estimate of drug-likeness (QED) is 0.756. The van der Waals surface area contributed by atoms with Gasteiger partial charge in [-0.25, -0.2) is 0 Å². The van der Waals surface area contributed by atoms with E-state index in [0.717, 1.165) is 38.9 Å². The minimum atomic E-state index is -0.245. The van der Waals surface area contributed by atoms with Gasteiger partial charge in [-0.05, 0) is 31.7 Å². The van der Waals surface area contributed by atoms with Gasteiger partial charge in [0.1, 0.15) is 0 Å². The van der Waals surface area contributed by atoms with Crippen molar-refractivity contribution >= 4 is 5.91 Å². The van der Waals surface area contributed by atoms with Crippen molar-refractivity contribution in [1.29, 1.82) is 0 Å². The van der Waals surface area contributed by atoms with Crippen molar-refractivity contribution in [3.8, 4) is 0 Å². The van der Waals surface area contributed by atoms with E-state index < -0.39 is 0 Å². The molecule has 1 amide bonds. The minimum absolute atomic E-state index is 0.0260. The van der Waals surface area contributed by atoms with E-state index >= 15 is 0 Å². The summed E-state index contributed by atoms with van der Waals surface area (Å²) in [6.45, 7) is 8.65. The molecule has 0 aromatic rings. The van der Waals surface area contributed by atoms with E-state index in [2.05, 4.69) is 17.1 Å². The standard InChI is InChI=1S/C13H26N2O2/c1-4-6-15-8-11(13(17)5-2)7-12(9-15)14-10(3)16/h11-13,17H,4-9H2,1-3H3,(H,14,16). The molecule has 17 heavy (non-hydrogen) atoms. The van der Waals surface area contributed by atoms with Crippen molar-refractivity contribution in [2.45, 2.75) is 52.2 Å². The van der Waals surface area contributed by atoms with E-state index in [1.807, 2.05) is 6.92 Å². The van der Waals surface area contributed by atoms with Crippen LogP contribution in [0.5, 0.6) is 0 Å². The average molecular weight is 242 g/mol. The van der Waals surface area contributed by atoms with E-state index in [-0.39, 0.29) is 24.0 Å². The first-order valence-corrected chi connectivity index (χ1v) is 6.74. The summed E-state index contributed by atoms with van der Waals surface area (Å²) >= 11 is 0. The Balaban J connectivity index is 2.58. The Morgan fingerprint density at radius 3 is 2.71 bits per heavy atom. The molecule has 0 bridgehead atoms. The van der Waals surface area contributed by atoms with Crippen LogP contribution in [0.2, 0.25) is 0 Å². The van der Waals surface area contributed by atoms with Gasteiger partial charge in [0.25, 0.3) is 0 Å². The molecule has 1 aliphatic rings. The number of amides is 1. The molecule has 3 unspecified atom stereocenters. The molecule has 4 heteroatoms. The Hall–Kier alpha value is -0.610. The molecule has 0 saturated carbocycles. The number of hydrogen-bond acceptors (Lipinski definition) is 3. The van der Waals surface area contributed by atoms with Gasteiger partial charge in [0.15, 0.2) is 0 Å². The number of nitrogens with zero attached hydrogens (tertiary/aromatic N) is 1. The summed E-state index contributed by atoms with van der Waals surface area (Å²) < 4.78 is 0. The van der Waals surface area contributed by atoms with Crippen LogP contribution in [0, 0.1) is 5.92 Å². The van der Waals surface area contributed by atoms with Gasteiger partial charge in [0.05, 0.1) is 6.10 Å². The van der Waals surface area contributed by atoms with Crippen molar-refractivity contribution in [3.05, 3.63) is 0 Å². The van der Waals surface area contributed by atoms with Crippen LogP contribution in [0.15, 0.2) is 0 Å². The van der Waals surface area contributed by atoms with Crippen LogP contribution in [-0.2, 0) is 4.79 Å². The van der Waals surface area contributed by atoms with Crippen LogP contribution < -0.4 is 5.32 Å². The van der Waals surface area contributed by atoms with Crippen LogP contribution in [0.3, 0.4) is 0 Å². The van der Waals surface area contributed by atoms with Gasteiger partial charge in [-0.1, -0.05) is 13.8 Å². The molecule has 0 aromatic carbocycles. The number of rotatable bonds is 5. The lowest BCUT2D eigenvalue weighted by Gasteiger charge is -2.39. The molecule has 0 spiro atoms. The monoisotopic (exact) mass is 242 g/mol. The van der Waals surface area contributed by atoms with Crippen LogP contribution >= 0.6 is 0 Å². The first-order chi connectivity index (χ1) is 8.06. The lowest BCUT2D eigenvalue weighted by Crippen LogP contribution is -2.52. The Morgan fingerprint density at radius 2 is 2.18 bits per heavy atom. The first-order valence-electron chi connectivity index (χ1n) is 6.74. The van der Waals surface area contributed by atoms with Gasteiger partial charge in [-0.2, -0.15) is 0 Å². The SMILES string of the molecule is CCCN1CC(NC(C)=O)CC(C(O)CC)C1. The maximum atomic E-state index is 11.1. The number of hydrogen-bond donors (Lipinski definition) is 2. The molecule has 1 heterocycles. The third-order valence-electron chi connectivity index (χ3n) is 3.47. The molecule has 3 atom stereocenters. The molecular weight excluding hydrogens is 216 g/mol. The van der Waals surface area contributed by atoms with Gasteiger partial charge < -0.3 is 15.3 Å². The second kappa shape index (κ2) is 6.97. The highest BCUT2D eigenvalue weighted by Gasteiger charge is 2.30. The van der Waals surface area contributed by atoms with Gasteiger partial charge in [-0.3, -0.25) is 4.79 Å². The van der Waals surface area contributed by atoms with Crippen LogP contribution in [0.25, 0.3) is 0 Å². The van der Waals surface area contributed by atoms with E-state index in [1.54, 1.807) is 6.92 Å². The fourth-order valence-corrected chi connectivity index (χ4v) is 2.74. The largest absolute Gasteiger partial charge is 0.393 e. The van der Waals surface area contributed by atoms with Crippen LogP contribution in [0.4, 0.5) is 0 Å². The summed E-state index contributed by atoms with van der Waals surface area (Å²) in [5, 5.41) is 13.0. The Morgan fingerprint density at radius 1 is 1.47 bits per heavy atom. The van der Waals surface area contributed by atoms with Crippen LogP contribution in [0.1, 0.15) is 40.0 Å². The molecule has 1 aliphatic heterocycles. The zero-order valence-corrected chi connectivity index (χ0v) is 11.3. The third kappa shape index (κ3) is 4.64. The number of carbonyl (C=O) groups is 1. The Labute approximate surface area is 104 Å². The molecular formula is C13H26N2O2. The second-order valence-corrected chi connectivity index (χ2v) is 5.13. The topological polar surface area (TPSA) is 52.6 Å². The summed E-state index contributed by atoms with van der Waals surface area (Å²) in [7, 11) is 0. The highest BCUT2D eigenvalue weighted by molar-refractivity contribution is 5.73. The molecule has 0 aliphatic carbocycles. The number of aliphatic hydroxyl groups is 1. The molecule has 1 fully saturated rings. The number of piperidine rings is 1. The Bertz CT molecular complexity index is 246. The van der Waals surface area contributed by atoms with Crippen molar-refractivity contribution in [2.24, 2.45) is 5.92 Å². The summed E-state index contributed by atoms with van der Waals surface area (Å²) in [6, 6.07) is 0.194.